The minimum Gasteiger partial charge on any atom is -0.300 e. The quantitative estimate of drug-likeness (QED) is 0.790. The average molecular weight is 344 g/mol. The van der Waals surface area contributed by atoms with Crippen molar-refractivity contribution in [2.45, 2.75) is 49.9 Å². The summed E-state index contributed by atoms with van der Waals surface area (Å²) in [5.74, 6) is 0.707. The highest BCUT2D eigenvalue weighted by Gasteiger charge is 2.41. The van der Waals surface area contributed by atoms with E-state index in [-0.39, 0.29) is 27.3 Å². The van der Waals surface area contributed by atoms with Crippen LogP contribution in [0.4, 0.5) is 5.13 Å². The maximum atomic E-state index is 12.4. The Labute approximate surface area is 134 Å². The van der Waals surface area contributed by atoms with Crippen LogP contribution < -0.4 is 10.0 Å². The normalized spacial score (nSPS) is 27.5. The van der Waals surface area contributed by atoms with Crippen molar-refractivity contribution < 1.29 is 13.2 Å². The first-order valence-electron chi connectivity index (χ1n) is 7.52. The van der Waals surface area contributed by atoms with E-state index in [0.29, 0.717) is 11.8 Å². The van der Waals surface area contributed by atoms with E-state index in [1.165, 1.54) is 6.42 Å². The average Bonchev–Trinajstić information content (AvgIpc) is 3.13. The molecule has 3 rings (SSSR count). The van der Waals surface area contributed by atoms with Crippen LogP contribution in [0.15, 0.2) is 4.34 Å². The number of carbonyl (C=O) groups is 1. The van der Waals surface area contributed by atoms with Crippen LogP contribution in [0.25, 0.3) is 0 Å². The summed E-state index contributed by atoms with van der Waals surface area (Å²) >= 11 is 0.884. The molecule has 0 aliphatic heterocycles. The van der Waals surface area contributed by atoms with Gasteiger partial charge in [0.1, 0.15) is 0 Å². The fraction of sp³-hybridized carbons (Fsp3) is 0.769. The molecule has 2 aliphatic rings. The van der Waals surface area contributed by atoms with Crippen molar-refractivity contribution in [1.29, 1.82) is 0 Å². The van der Waals surface area contributed by atoms with Crippen LogP contribution in [-0.2, 0) is 14.8 Å². The van der Waals surface area contributed by atoms with Crippen LogP contribution in [0.5, 0.6) is 0 Å². The monoisotopic (exact) mass is 344 g/mol. The van der Waals surface area contributed by atoms with Gasteiger partial charge >= 0.3 is 0 Å². The van der Waals surface area contributed by atoms with Crippen molar-refractivity contribution in [3.63, 3.8) is 0 Å². The lowest BCUT2D eigenvalue weighted by molar-refractivity contribution is -0.118. The first-order valence-corrected chi connectivity index (χ1v) is 9.82. The van der Waals surface area contributed by atoms with Gasteiger partial charge < -0.3 is 5.32 Å². The number of hydrogen-bond acceptors (Lipinski definition) is 6. The second kappa shape index (κ2) is 5.86. The molecule has 2 aliphatic carbocycles. The fourth-order valence-corrected chi connectivity index (χ4v) is 5.49. The Morgan fingerprint density at radius 2 is 2.05 bits per heavy atom. The number of nitrogens with zero attached hydrogens (tertiary/aromatic N) is 2. The van der Waals surface area contributed by atoms with Gasteiger partial charge in [-0.25, -0.2) is 13.1 Å². The first kappa shape index (κ1) is 15.8. The Morgan fingerprint density at radius 1 is 1.27 bits per heavy atom. The summed E-state index contributed by atoms with van der Waals surface area (Å²) in [4.78, 5) is 11.6. The molecule has 1 amide bonds. The standard InChI is InChI=1S/C13H20N4O3S2/c1-7(2)11(18)14-12-15-16-13(21-12)22(19,20)17-10-6-8-3-4-9(10)5-8/h7-10,17H,3-6H2,1-2H3,(H,14,15,18)/t8-,9-,10+/m0/s1. The highest BCUT2D eigenvalue weighted by molar-refractivity contribution is 7.91. The third-order valence-corrected chi connectivity index (χ3v) is 7.13. The summed E-state index contributed by atoms with van der Waals surface area (Å²) in [6, 6.07) is 0.0151. The Balaban J connectivity index is 1.67. The third kappa shape index (κ3) is 3.16. The van der Waals surface area contributed by atoms with Crippen molar-refractivity contribution in [3.05, 3.63) is 0 Å². The van der Waals surface area contributed by atoms with Crippen molar-refractivity contribution in [3.8, 4) is 0 Å². The van der Waals surface area contributed by atoms with Gasteiger partial charge in [0.25, 0.3) is 10.0 Å². The molecule has 2 N–H and O–H groups in total. The number of rotatable bonds is 5. The van der Waals surface area contributed by atoms with Crippen LogP contribution in [0, 0.1) is 17.8 Å². The Bertz CT molecular complexity index is 671. The maximum Gasteiger partial charge on any atom is 0.270 e. The molecule has 0 saturated heterocycles. The van der Waals surface area contributed by atoms with Gasteiger partial charge in [-0.05, 0) is 31.1 Å². The number of aromatic nitrogens is 2. The zero-order chi connectivity index (χ0) is 15.9. The van der Waals surface area contributed by atoms with Gasteiger partial charge in [0.05, 0.1) is 0 Å². The van der Waals surface area contributed by atoms with E-state index in [0.717, 1.165) is 30.6 Å². The molecule has 1 aromatic heterocycles. The molecular weight excluding hydrogens is 324 g/mol. The molecular formula is C13H20N4O3S2. The number of nitrogens with one attached hydrogen (secondary N) is 2. The summed E-state index contributed by atoms with van der Waals surface area (Å²) in [7, 11) is -3.66. The summed E-state index contributed by atoms with van der Waals surface area (Å²) in [6.07, 6.45) is 4.36. The van der Waals surface area contributed by atoms with Gasteiger partial charge in [0.15, 0.2) is 0 Å². The predicted molar refractivity (Wildman–Crippen MR) is 82.9 cm³/mol. The molecule has 22 heavy (non-hydrogen) atoms. The van der Waals surface area contributed by atoms with E-state index in [4.69, 9.17) is 0 Å². The number of amides is 1. The molecule has 2 bridgehead atoms. The molecule has 0 aromatic carbocycles. The molecule has 2 saturated carbocycles. The lowest BCUT2D eigenvalue weighted by atomic mass is 9.96. The zero-order valence-electron chi connectivity index (χ0n) is 12.6. The number of anilines is 1. The largest absolute Gasteiger partial charge is 0.300 e. The number of fused-ring (bicyclic) bond motifs is 2. The number of sulfonamides is 1. The third-order valence-electron chi connectivity index (χ3n) is 4.44. The SMILES string of the molecule is CC(C)C(=O)Nc1nnc(S(=O)(=O)N[C@@H]2C[C@H]3CC[C@H]2C3)s1. The molecule has 0 spiro atoms. The molecule has 1 aromatic rings. The van der Waals surface area contributed by atoms with E-state index < -0.39 is 10.0 Å². The van der Waals surface area contributed by atoms with Crippen molar-refractivity contribution in [2.75, 3.05) is 5.32 Å². The van der Waals surface area contributed by atoms with Crippen molar-refractivity contribution in [2.24, 2.45) is 17.8 Å². The van der Waals surface area contributed by atoms with Gasteiger partial charge in [0, 0.05) is 12.0 Å². The smallest absolute Gasteiger partial charge is 0.270 e. The molecule has 9 heteroatoms. The van der Waals surface area contributed by atoms with Gasteiger partial charge in [-0.1, -0.05) is 31.6 Å². The number of carbonyl (C=O) groups excluding carboxylic acids is 1. The molecule has 0 unspecified atom stereocenters. The molecule has 7 nitrogen and oxygen atoms in total. The second-order valence-corrected chi connectivity index (χ2v) is 9.28. The number of hydrogen-bond donors (Lipinski definition) is 2. The lowest BCUT2D eigenvalue weighted by Gasteiger charge is -2.21. The Kier molecular flexibility index (Phi) is 4.21. The van der Waals surface area contributed by atoms with Gasteiger partial charge in [0.2, 0.25) is 15.4 Å². The predicted octanol–water partition coefficient (Wildman–Crippen LogP) is 1.60. The van der Waals surface area contributed by atoms with Crippen LogP contribution in [0.1, 0.15) is 39.5 Å². The van der Waals surface area contributed by atoms with Gasteiger partial charge in [-0.3, -0.25) is 4.79 Å². The summed E-state index contributed by atoms with van der Waals surface area (Å²) < 4.78 is 27.4. The molecule has 122 valence electrons. The highest BCUT2D eigenvalue weighted by Crippen LogP contribution is 2.44. The van der Waals surface area contributed by atoms with Crippen molar-refractivity contribution >= 4 is 32.4 Å². The summed E-state index contributed by atoms with van der Waals surface area (Å²) in [6.45, 7) is 3.51. The fourth-order valence-electron chi connectivity index (χ4n) is 3.26. The van der Waals surface area contributed by atoms with E-state index in [1.54, 1.807) is 13.8 Å². The Morgan fingerprint density at radius 3 is 2.64 bits per heavy atom. The summed E-state index contributed by atoms with van der Waals surface area (Å²) in [5.41, 5.74) is 0. The Hall–Kier alpha value is -1.06. The van der Waals surface area contributed by atoms with Gasteiger partial charge in [-0.15, -0.1) is 10.2 Å². The first-order chi connectivity index (χ1) is 10.3. The topological polar surface area (TPSA) is 101 Å². The second-order valence-electron chi connectivity index (χ2n) is 6.42. The van der Waals surface area contributed by atoms with Gasteiger partial charge in [-0.2, -0.15) is 0 Å². The zero-order valence-corrected chi connectivity index (χ0v) is 14.2. The van der Waals surface area contributed by atoms with E-state index in [9.17, 15) is 13.2 Å². The minimum atomic E-state index is -3.66. The van der Waals surface area contributed by atoms with E-state index >= 15 is 0 Å². The summed E-state index contributed by atoms with van der Waals surface area (Å²) in [5, 5.41) is 10.2. The molecule has 2 fully saturated rings. The van der Waals surface area contributed by atoms with E-state index in [2.05, 4.69) is 20.2 Å². The molecule has 0 radical (unpaired) electrons. The van der Waals surface area contributed by atoms with Crippen LogP contribution in [0.2, 0.25) is 0 Å². The van der Waals surface area contributed by atoms with Crippen molar-refractivity contribution in [1.82, 2.24) is 14.9 Å². The van der Waals surface area contributed by atoms with E-state index in [1.807, 2.05) is 0 Å². The molecule has 1 heterocycles. The molecule has 3 atom stereocenters. The lowest BCUT2D eigenvalue weighted by Crippen LogP contribution is -2.38. The maximum absolute atomic E-state index is 12.4. The minimum absolute atomic E-state index is 0.0151. The van der Waals surface area contributed by atoms with Crippen LogP contribution in [-0.4, -0.2) is 30.6 Å². The highest BCUT2D eigenvalue weighted by atomic mass is 32.2. The van der Waals surface area contributed by atoms with Crippen LogP contribution in [0.3, 0.4) is 0 Å². The van der Waals surface area contributed by atoms with Crippen LogP contribution >= 0.6 is 11.3 Å².